The summed E-state index contributed by atoms with van der Waals surface area (Å²) in [5, 5.41) is 0. The van der Waals surface area contributed by atoms with E-state index >= 15 is 0 Å². The van der Waals surface area contributed by atoms with Crippen molar-refractivity contribution in [2.45, 2.75) is 65.1 Å². The Morgan fingerprint density at radius 3 is 2.36 bits per heavy atom. The summed E-state index contributed by atoms with van der Waals surface area (Å²) in [6.45, 7) is 10.6. The number of nitrogens with two attached hydrogens (primary N) is 1. The molecule has 2 aliphatic rings. The third-order valence-corrected chi connectivity index (χ3v) is 4.98. The molecule has 2 unspecified atom stereocenters. The molecule has 0 radical (unpaired) electrons. The van der Waals surface area contributed by atoms with Gasteiger partial charge in [-0.3, -0.25) is 4.99 Å². The summed E-state index contributed by atoms with van der Waals surface area (Å²) in [5.74, 6) is 0.697. The zero-order chi connectivity index (χ0) is 16.0. The maximum Gasteiger partial charge on any atom is 0.191 e. The van der Waals surface area contributed by atoms with Crippen molar-refractivity contribution in [1.29, 1.82) is 0 Å². The predicted octanol–water partition coefficient (Wildman–Crippen LogP) is 2.40. The molecule has 1 aliphatic heterocycles. The lowest BCUT2D eigenvalue weighted by atomic mass is 10.0. The summed E-state index contributed by atoms with van der Waals surface area (Å²) < 4.78 is 11.5. The highest BCUT2D eigenvalue weighted by molar-refractivity contribution is 5.78. The zero-order valence-corrected chi connectivity index (χ0v) is 14.5. The van der Waals surface area contributed by atoms with Crippen molar-refractivity contribution >= 4 is 5.96 Å². The molecule has 0 bridgehead atoms. The number of nitrogens with zero attached hydrogens (tertiary/aromatic N) is 2. The molecule has 22 heavy (non-hydrogen) atoms. The Labute approximate surface area is 135 Å². The van der Waals surface area contributed by atoms with Crippen LogP contribution in [-0.4, -0.2) is 55.9 Å². The van der Waals surface area contributed by atoms with Gasteiger partial charge in [-0.2, -0.15) is 0 Å². The van der Waals surface area contributed by atoms with Gasteiger partial charge < -0.3 is 20.1 Å². The normalized spacial score (nSPS) is 28.0. The molecule has 128 valence electrons. The van der Waals surface area contributed by atoms with Crippen LogP contribution in [0.5, 0.6) is 0 Å². The number of rotatable bonds is 8. The van der Waals surface area contributed by atoms with E-state index < -0.39 is 0 Å². The summed E-state index contributed by atoms with van der Waals surface area (Å²) in [4.78, 5) is 6.92. The van der Waals surface area contributed by atoms with E-state index in [1.54, 1.807) is 0 Å². The average Bonchev–Trinajstić information content (AvgIpc) is 3.32. The molecule has 0 aromatic heterocycles. The number of ether oxygens (including phenoxy) is 2. The number of morpholine rings is 1. The Morgan fingerprint density at radius 1 is 1.23 bits per heavy atom. The fraction of sp³-hybridized carbons (Fsp3) is 0.941. The van der Waals surface area contributed by atoms with E-state index in [1.165, 1.54) is 12.8 Å². The molecule has 1 saturated heterocycles. The van der Waals surface area contributed by atoms with Gasteiger partial charge in [0.2, 0.25) is 0 Å². The fourth-order valence-corrected chi connectivity index (χ4v) is 3.01. The van der Waals surface area contributed by atoms with Crippen LogP contribution in [0.4, 0.5) is 0 Å². The van der Waals surface area contributed by atoms with Crippen LogP contribution in [0.2, 0.25) is 0 Å². The Bertz CT molecular complexity index is 357. The van der Waals surface area contributed by atoms with Crippen LogP contribution in [0.25, 0.3) is 0 Å². The Hall–Kier alpha value is -0.810. The summed E-state index contributed by atoms with van der Waals surface area (Å²) in [7, 11) is 0. The summed E-state index contributed by atoms with van der Waals surface area (Å²) in [6, 6.07) is 0. The number of hydrogen-bond acceptors (Lipinski definition) is 3. The van der Waals surface area contributed by atoms with Gasteiger partial charge in [-0.15, -0.1) is 0 Å². The van der Waals surface area contributed by atoms with Crippen molar-refractivity contribution in [1.82, 2.24) is 4.90 Å². The molecular formula is C17H33N3O2. The summed E-state index contributed by atoms with van der Waals surface area (Å²) >= 11 is 0. The lowest BCUT2D eigenvalue weighted by Gasteiger charge is -2.38. The van der Waals surface area contributed by atoms with Crippen LogP contribution in [0, 0.1) is 5.41 Å². The second kappa shape index (κ2) is 8.16. The van der Waals surface area contributed by atoms with Gasteiger partial charge in [0, 0.05) is 32.8 Å². The van der Waals surface area contributed by atoms with Gasteiger partial charge in [-0.1, -0.05) is 13.8 Å². The van der Waals surface area contributed by atoms with Crippen LogP contribution in [0.1, 0.15) is 52.9 Å². The second-order valence-electron chi connectivity index (χ2n) is 6.72. The molecule has 2 N–H and O–H groups in total. The van der Waals surface area contributed by atoms with Gasteiger partial charge in [0.25, 0.3) is 0 Å². The van der Waals surface area contributed by atoms with Crippen LogP contribution in [0.3, 0.4) is 0 Å². The van der Waals surface area contributed by atoms with Gasteiger partial charge in [-0.05, 0) is 44.4 Å². The maximum atomic E-state index is 6.26. The van der Waals surface area contributed by atoms with Gasteiger partial charge in [0.05, 0.1) is 12.2 Å². The third kappa shape index (κ3) is 4.85. The molecule has 0 spiro atoms. The van der Waals surface area contributed by atoms with Crippen LogP contribution in [0.15, 0.2) is 4.99 Å². The maximum absolute atomic E-state index is 6.26. The molecule has 1 aliphatic carbocycles. The first-order valence-electron chi connectivity index (χ1n) is 8.90. The van der Waals surface area contributed by atoms with Crippen molar-refractivity contribution < 1.29 is 9.47 Å². The predicted molar refractivity (Wildman–Crippen MR) is 90.1 cm³/mol. The topological polar surface area (TPSA) is 60.1 Å². The molecule has 2 atom stereocenters. The standard InChI is InChI=1S/C17H33N3O2/c1-4-14-11-20(12-15(5-2)22-14)16(18)19-13-17(7-8-17)9-10-21-6-3/h14-15H,4-13H2,1-3H3,(H2,18,19). The molecule has 2 fully saturated rings. The monoisotopic (exact) mass is 311 g/mol. The Morgan fingerprint density at radius 2 is 1.86 bits per heavy atom. The molecule has 0 amide bonds. The van der Waals surface area contributed by atoms with E-state index in [-0.39, 0.29) is 12.2 Å². The highest BCUT2D eigenvalue weighted by Gasteiger charge is 2.42. The number of hydrogen-bond donors (Lipinski definition) is 1. The third-order valence-electron chi connectivity index (χ3n) is 4.98. The minimum atomic E-state index is 0.278. The van der Waals surface area contributed by atoms with Crippen molar-refractivity contribution in [3.8, 4) is 0 Å². The highest BCUT2D eigenvalue weighted by Crippen LogP contribution is 2.49. The van der Waals surface area contributed by atoms with Gasteiger partial charge in [0.1, 0.15) is 0 Å². The lowest BCUT2D eigenvalue weighted by Crippen LogP contribution is -2.52. The van der Waals surface area contributed by atoms with E-state index in [0.717, 1.165) is 52.1 Å². The average molecular weight is 311 g/mol. The largest absolute Gasteiger partial charge is 0.382 e. The quantitative estimate of drug-likeness (QED) is 0.425. The minimum absolute atomic E-state index is 0.278. The fourth-order valence-electron chi connectivity index (χ4n) is 3.01. The Balaban J connectivity index is 1.85. The van der Waals surface area contributed by atoms with Gasteiger partial charge in [-0.25, -0.2) is 0 Å². The smallest absolute Gasteiger partial charge is 0.191 e. The van der Waals surface area contributed by atoms with Crippen LogP contribution >= 0.6 is 0 Å². The number of guanidine groups is 1. The first kappa shape index (κ1) is 17.5. The van der Waals surface area contributed by atoms with Crippen molar-refractivity contribution in [3.63, 3.8) is 0 Å². The molecule has 5 heteroatoms. The minimum Gasteiger partial charge on any atom is -0.382 e. The molecule has 1 heterocycles. The number of aliphatic imine (C=N–C) groups is 1. The molecule has 0 aromatic rings. The van der Waals surface area contributed by atoms with Crippen molar-refractivity contribution in [3.05, 3.63) is 0 Å². The Kier molecular flexibility index (Phi) is 6.50. The SMILES string of the molecule is CCOCCC1(CN=C(N)N2CC(CC)OC(CC)C2)CC1. The van der Waals surface area contributed by atoms with Gasteiger partial charge in [0.15, 0.2) is 5.96 Å². The van der Waals surface area contributed by atoms with E-state index in [4.69, 9.17) is 20.2 Å². The van der Waals surface area contributed by atoms with Gasteiger partial charge >= 0.3 is 0 Å². The summed E-state index contributed by atoms with van der Waals surface area (Å²) in [5.41, 5.74) is 6.62. The zero-order valence-electron chi connectivity index (χ0n) is 14.5. The first-order chi connectivity index (χ1) is 10.6. The van der Waals surface area contributed by atoms with Crippen LogP contribution in [-0.2, 0) is 9.47 Å². The van der Waals surface area contributed by atoms with E-state index in [0.29, 0.717) is 11.4 Å². The molecule has 0 aromatic carbocycles. The molecule has 5 nitrogen and oxygen atoms in total. The van der Waals surface area contributed by atoms with Crippen molar-refractivity contribution in [2.24, 2.45) is 16.1 Å². The van der Waals surface area contributed by atoms with E-state index in [2.05, 4.69) is 18.7 Å². The highest BCUT2D eigenvalue weighted by atomic mass is 16.5. The van der Waals surface area contributed by atoms with Crippen molar-refractivity contribution in [2.75, 3.05) is 32.8 Å². The summed E-state index contributed by atoms with van der Waals surface area (Å²) in [6.07, 6.45) is 6.23. The molecule has 2 rings (SSSR count). The molecular weight excluding hydrogens is 278 g/mol. The second-order valence-corrected chi connectivity index (χ2v) is 6.72. The lowest BCUT2D eigenvalue weighted by molar-refractivity contribution is -0.0690. The van der Waals surface area contributed by atoms with Crippen LogP contribution < -0.4 is 5.73 Å². The first-order valence-corrected chi connectivity index (χ1v) is 8.90. The van der Waals surface area contributed by atoms with E-state index in [1.807, 2.05) is 6.92 Å². The van der Waals surface area contributed by atoms with E-state index in [9.17, 15) is 0 Å². The molecule has 1 saturated carbocycles.